The lowest BCUT2D eigenvalue weighted by atomic mass is 9.70. The van der Waals surface area contributed by atoms with E-state index in [1.54, 1.807) is 6.92 Å². The van der Waals surface area contributed by atoms with Gasteiger partial charge < -0.3 is 10.1 Å². The molecule has 0 saturated heterocycles. The van der Waals surface area contributed by atoms with Crippen LogP contribution in [0.15, 0.2) is 0 Å². The van der Waals surface area contributed by atoms with E-state index in [9.17, 15) is 9.59 Å². The molecule has 0 unspecified atom stereocenters. The maximum absolute atomic E-state index is 12.3. The van der Waals surface area contributed by atoms with E-state index in [4.69, 9.17) is 4.74 Å². The molecule has 1 amide bonds. The Morgan fingerprint density at radius 3 is 2.45 bits per heavy atom. The van der Waals surface area contributed by atoms with Gasteiger partial charge in [-0.2, -0.15) is 0 Å². The molecule has 22 heavy (non-hydrogen) atoms. The van der Waals surface area contributed by atoms with Crippen LogP contribution >= 0.6 is 0 Å². The molecule has 1 saturated carbocycles. The monoisotopic (exact) mass is 311 g/mol. The summed E-state index contributed by atoms with van der Waals surface area (Å²) in [4.78, 5) is 23.6. The summed E-state index contributed by atoms with van der Waals surface area (Å²) in [6, 6.07) is 0. The molecule has 1 aliphatic carbocycles. The predicted octanol–water partition coefficient (Wildman–Crippen LogP) is 3.69. The Morgan fingerprint density at radius 1 is 1.27 bits per heavy atom. The maximum atomic E-state index is 12.3. The van der Waals surface area contributed by atoms with Crippen LogP contribution in [0.3, 0.4) is 0 Å². The second-order valence-corrected chi connectivity index (χ2v) is 7.32. The topological polar surface area (TPSA) is 55.4 Å². The van der Waals surface area contributed by atoms with Crippen LogP contribution in [-0.2, 0) is 14.3 Å². The normalized spacial score (nSPS) is 25.0. The van der Waals surface area contributed by atoms with Crippen molar-refractivity contribution in [2.45, 2.75) is 72.6 Å². The van der Waals surface area contributed by atoms with E-state index in [1.165, 1.54) is 19.3 Å². The van der Waals surface area contributed by atoms with Crippen LogP contribution in [0.25, 0.3) is 0 Å². The van der Waals surface area contributed by atoms with Gasteiger partial charge in [0.2, 0.25) is 5.91 Å². The fourth-order valence-electron chi connectivity index (χ4n) is 3.22. The van der Waals surface area contributed by atoms with Crippen molar-refractivity contribution >= 4 is 11.9 Å². The number of ether oxygens (including phenoxy) is 1. The summed E-state index contributed by atoms with van der Waals surface area (Å²) in [6.45, 7) is 8.67. The molecule has 128 valence electrons. The van der Waals surface area contributed by atoms with E-state index in [1.807, 2.05) is 6.92 Å². The first-order valence-corrected chi connectivity index (χ1v) is 8.81. The smallest absolute Gasteiger partial charge is 0.325 e. The molecule has 1 aliphatic rings. The molecule has 1 rings (SSSR count). The van der Waals surface area contributed by atoms with E-state index >= 15 is 0 Å². The number of hydrogen-bond donors (Lipinski definition) is 1. The molecule has 1 fully saturated rings. The zero-order valence-corrected chi connectivity index (χ0v) is 14.7. The standard InChI is InChI=1S/C18H33NO3/c1-5-22-16(20)13-19-17(21)18(4)11-9-15(10-12-18)8-6-7-14(2)3/h14-15H,5-13H2,1-4H3,(H,19,21). The van der Waals surface area contributed by atoms with Gasteiger partial charge in [-0.25, -0.2) is 0 Å². The summed E-state index contributed by atoms with van der Waals surface area (Å²) in [6.07, 6.45) is 7.99. The van der Waals surface area contributed by atoms with Gasteiger partial charge in [0.15, 0.2) is 0 Å². The first-order chi connectivity index (χ1) is 10.4. The summed E-state index contributed by atoms with van der Waals surface area (Å²) >= 11 is 0. The first-order valence-electron chi connectivity index (χ1n) is 8.81. The molecule has 1 N–H and O–H groups in total. The number of esters is 1. The Morgan fingerprint density at radius 2 is 1.91 bits per heavy atom. The van der Waals surface area contributed by atoms with E-state index in [0.29, 0.717) is 6.61 Å². The van der Waals surface area contributed by atoms with E-state index in [2.05, 4.69) is 19.2 Å². The average molecular weight is 311 g/mol. The van der Waals surface area contributed by atoms with Gasteiger partial charge in [-0.1, -0.05) is 40.0 Å². The molecule has 0 aliphatic heterocycles. The summed E-state index contributed by atoms with van der Waals surface area (Å²) < 4.78 is 4.84. The molecule has 0 heterocycles. The molecule has 0 atom stereocenters. The van der Waals surface area contributed by atoms with Gasteiger partial charge in [-0.3, -0.25) is 9.59 Å². The minimum atomic E-state index is -0.359. The molecule has 0 spiro atoms. The van der Waals surface area contributed by atoms with E-state index in [-0.39, 0.29) is 23.8 Å². The van der Waals surface area contributed by atoms with Gasteiger partial charge in [0.25, 0.3) is 0 Å². The van der Waals surface area contributed by atoms with Crippen LogP contribution in [0.5, 0.6) is 0 Å². The molecular formula is C18H33NO3. The predicted molar refractivity (Wildman–Crippen MR) is 88.4 cm³/mol. The molecule has 0 aromatic carbocycles. The zero-order chi connectivity index (χ0) is 16.6. The van der Waals surface area contributed by atoms with Crippen molar-refractivity contribution < 1.29 is 14.3 Å². The van der Waals surface area contributed by atoms with Crippen LogP contribution in [0, 0.1) is 17.3 Å². The molecule has 4 nitrogen and oxygen atoms in total. The highest BCUT2D eigenvalue weighted by Crippen LogP contribution is 2.40. The Kier molecular flexibility index (Phi) is 7.91. The number of carbonyl (C=O) groups excluding carboxylic acids is 2. The van der Waals surface area contributed by atoms with Gasteiger partial charge in [0, 0.05) is 5.41 Å². The Bertz CT molecular complexity index is 357. The van der Waals surface area contributed by atoms with Crippen molar-refractivity contribution in [3.05, 3.63) is 0 Å². The van der Waals surface area contributed by atoms with Crippen molar-refractivity contribution in [2.75, 3.05) is 13.2 Å². The fraction of sp³-hybridized carbons (Fsp3) is 0.889. The van der Waals surface area contributed by atoms with Crippen molar-refractivity contribution in [3.8, 4) is 0 Å². The number of carbonyl (C=O) groups is 2. The molecule has 0 radical (unpaired) electrons. The van der Waals surface area contributed by atoms with Crippen molar-refractivity contribution in [1.29, 1.82) is 0 Å². The summed E-state index contributed by atoms with van der Waals surface area (Å²) in [5, 5.41) is 2.74. The Labute approximate surface area is 135 Å². The maximum Gasteiger partial charge on any atom is 0.325 e. The number of hydrogen-bond acceptors (Lipinski definition) is 3. The van der Waals surface area contributed by atoms with E-state index in [0.717, 1.165) is 37.5 Å². The fourth-order valence-corrected chi connectivity index (χ4v) is 3.22. The van der Waals surface area contributed by atoms with Crippen molar-refractivity contribution in [2.24, 2.45) is 17.3 Å². The largest absolute Gasteiger partial charge is 0.465 e. The van der Waals surface area contributed by atoms with Gasteiger partial charge >= 0.3 is 5.97 Å². The lowest BCUT2D eigenvalue weighted by Gasteiger charge is -2.36. The van der Waals surface area contributed by atoms with Gasteiger partial charge in [-0.15, -0.1) is 0 Å². The third-order valence-electron chi connectivity index (χ3n) is 4.85. The lowest BCUT2D eigenvalue weighted by molar-refractivity contribution is -0.145. The van der Waals surface area contributed by atoms with Crippen LogP contribution < -0.4 is 5.32 Å². The summed E-state index contributed by atoms with van der Waals surface area (Å²) in [5.74, 6) is 1.19. The first kappa shape index (κ1) is 19.0. The summed E-state index contributed by atoms with van der Waals surface area (Å²) in [7, 11) is 0. The average Bonchev–Trinajstić information content (AvgIpc) is 2.47. The number of rotatable bonds is 8. The quantitative estimate of drug-likeness (QED) is 0.696. The van der Waals surface area contributed by atoms with Crippen molar-refractivity contribution in [3.63, 3.8) is 0 Å². The van der Waals surface area contributed by atoms with Gasteiger partial charge in [-0.05, 0) is 44.4 Å². The number of amides is 1. The van der Waals surface area contributed by atoms with Crippen molar-refractivity contribution in [1.82, 2.24) is 5.32 Å². The second kappa shape index (κ2) is 9.16. The highest BCUT2D eigenvalue weighted by Gasteiger charge is 2.37. The molecule has 0 aromatic heterocycles. The molecule has 4 heteroatoms. The van der Waals surface area contributed by atoms with Crippen LogP contribution in [0.4, 0.5) is 0 Å². The van der Waals surface area contributed by atoms with Crippen LogP contribution in [0.2, 0.25) is 0 Å². The number of nitrogens with one attached hydrogen (secondary N) is 1. The Balaban J connectivity index is 2.31. The third-order valence-corrected chi connectivity index (χ3v) is 4.85. The van der Waals surface area contributed by atoms with Gasteiger partial charge in [0.1, 0.15) is 6.54 Å². The molecular weight excluding hydrogens is 278 g/mol. The van der Waals surface area contributed by atoms with Crippen LogP contribution in [-0.4, -0.2) is 25.0 Å². The lowest BCUT2D eigenvalue weighted by Crippen LogP contribution is -2.43. The second-order valence-electron chi connectivity index (χ2n) is 7.32. The summed E-state index contributed by atoms with van der Waals surface area (Å²) in [5.41, 5.74) is -0.318. The molecule has 0 bridgehead atoms. The molecule has 0 aromatic rings. The van der Waals surface area contributed by atoms with Crippen LogP contribution in [0.1, 0.15) is 72.6 Å². The van der Waals surface area contributed by atoms with Gasteiger partial charge in [0.05, 0.1) is 6.61 Å². The highest BCUT2D eigenvalue weighted by atomic mass is 16.5. The zero-order valence-electron chi connectivity index (χ0n) is 14.7. The minimum Gasteiger partial charge on any atom is -0.465 e. The SMILES string of the molecule is CCOC(=O)CNC(=O)C1(C)CCC(CCCC(C)C)CC1. The minimum absolute atomic E-state index is 0.00110. The Hall–Kier alpha value is -1.06. The third kappa shape index (κ3) is 6.37. The highest BCUT2D eigenvalue weighted by molar-refractivity contribution is 5.86. The van der Waals surface area contributed by atoms with E-state index < -0.39 is 0 Å².